The van der Waals surface area contributed by atoms with Gasteiger partial charge in [0, 0.05) is 62.4 Å². The largest absolute Gasteiger partial charge is 0.481 e. The molecule has 2 rings (SSSR count). The van der Waals surface area contributed by atoms with Gasteiger partial charge in [0.05, 0.1) is 50.7 Å². The average Bonchev–Trinajstić information content (AvgIpc) is 2.81. The van der Waals surface area contributed by atoms with Gasteiger partial charge in [0.1, 0.15) is 0 Å². The van der Waals surface area contributed by atoms with E-state index < -0.39 is 59.9 Å². The van der Waals surface area contributed by atoms with Crippen molar-refractivity contribution in [3.63, 3.8) is 0 Å². The molecule has 11 nitrogen and oxygen atoms in total. The van der Waals surface area contributed by atoms with E-state index >= 15 is 0 Å². The minimum absolute atomic E-state index is 0.0185. The van der Waals surface area contributed by atoms with Crippen LogP contribution in [-0.4, -0.2) is 108 Å². The molecule has 2 aliphatic carbocycles. The number of carboxylic acids is 1. The molecule has 0 aromatic heterocycles. The number of hydrogen-bond donors (Lipinski definition) is 6. The van der Waals surface area contributed by atoms with E-state index in [0.29, 0.717) is 26.2 Å². The number of carbonyl (C=O) groups is 2. The van der Waals surface area contributed by atoms with Gasteiger partial charge in [0.25, 0.3) is 0 Å². The highest BCUT2D eigenvalue weighted by Crippen LogP contribution is 2.37. The summed E-state index contributed by atoms with van der Waals surface area (Å²) in [7, 11) is 0. The number of ether oxygens (including phenoxy) is 3. The molecule has 2 saturated carbocycles. The maximum atomic E-state index is 11.9. The third kappa shape index (κ3) is 7.82. The quantitative estimate of drug-likeness (QED) is 0.187. The molecule has 11 heteroatoms. The molecular formula is C24H43NO10. The van der Waals surface area contributed by atoms with E-state index in [4.69, 9.17) is 14.2 Å². The molecule has 0 saturated heterocycles. The highest BCUT2D eigenvalue weighted by atomic mass is 16.5. The Morgan fingerprint density at radius 1 is 0.800 bits per heavy atom. The zero-order valence-corrected chi connectivity index (χ0v) is 20.9. The fourth-order valence-electron chi connectivity index (χ4n) is 5.56. The first-order valence-electron chi connectivity index (χ1n) is 12.5. The second-order valence-corrected chi connectivity index (χ2v) is 9.76. The summed E-state index contributed by atoms with van der Waals surface area (Å²) in [6.07, 6.45) is -2.80. The summed E-state index contributed by atoms with van der Waals surface area (Å²) in [4.78, 5) is 23.7. The van der Waals surface area contributed by atoms with Crippen LogP contribution in [0.5, 0.6) is 0 Å². The lowest BCUT2D eigenvalue weighted by Gasteiger charge is -2.45. The van der Waals surface area contributed by atoms with Crippen molar-refractivity contribution in [1.82, 2.24) is 5.32 Å². The van der Waals surface area contributed by atoms with Gasteiger partial charge >= 0.3 is 5.97 Å². The normalized spacial score (nSPS) is 37.7. The molecule has 6 N–H and O–H groups in total. The van der Waals surface area contributed by atoms with Crippen LogP contribution in [0.2, 0.25) is 0 Å². The van der Waals surface area contributed by atoms with Crippen LogP contribution in [0.4, 0.5) is 0 Å². The highest BCUT2D eigenvalue weighted by Gasteiger charge is 2.47. The molecule has 35 heavy (non-hydrogen) atoms. The van der Waals surface area contributed by atoms with Crippen molar-refractivity contribution in [2.45, 2.75) is 58.0 Å². The van der Waals surface area contributed by atoms with Crippen LogP contribution in [0.1, 0.15) is 33.6 Å². The summed E-state index contributed by atoms with van der Waals surface area (Å²) < 4.78 is 16.8. The average molecular weight is 506 g/mol. The number of carboxylic acid groups (broad SMARTS) is 1. The van der Waals surface area contributed by atoms with Crippen LogP contribution in [-0.2, 0) is 23.8 Å². The summed E-state index contributed by atoms with van der Waals surface area (Å²) in [5.74, 6) is -4.65. The van der Waals surface area contributed by atoms with Crippen LogP contribution in [0.3, 0.4) is 0 Å². The van der Waals surface area contributed by atoms with E-state index in [9.17, 15) is 35.1 Å². The molecule has 10 atom stereocenters. The lowest BCUT2D eigenvalue weighted by atomic mass is 9.70. The number of aliphatic hydroxyl groups is 4. The lowest BCUT2D eigenvalue weighted by Crippen LogP contribution is -2.58. The first-order valence-corrected chi connectivity index (χ1v) is 12.5. The molecule has 0 aliphatic heterocycles. The van der Waals surface area contributed by atoms with Gasteiger partial charge < -0.3 is 45.1 Å². The number of carbonyl (C=O) groups excluding carboxylic acids is 1. The first-order chi connectivity index (χ1) is 16.7. The Balaban J connectivity index is 2.09. The van der Waals surface area contributed by atoms with E-state index in [1.807, 2.05) is 6.92 Å². The third-order valence-corrected chi connectivity index (χ3v) is 7.46. The van der Waals surface area contributed by atoms with Crippen molar-refractivity contribution in [2.75, 3.05) is 46.2 Å². The SMILES string of the molecule is CCOC[C@@H]1CC(CO)[C@H](O)C(COC[C@@H]2CC(C(=O)O)[C@H](COCC)C(O)C2O)C1NC(C)=O. The van der Waals surface area contributed by atoms with E-state index in [-0.39, 0.29) is 44.7 Å². The predicted octanol–water partition coefficient (Wildman–Crippen LogP) is -0.755. The number of rotatable bonds is 13. The Hall–Kier alpha value is -1.34. The van der Waals surface area contributed by atoms with E-state index in [2.05, 4.69) is 5.32 Å². The Kier molecular flexibility index (Phi) is 12.3. The Labute approximate surface area is 206 Å². The van der Waals surface area contributed by atoms with E-state index in [0.717, 1.165) is 0 Å². The van der Waals surface area contributed by atoms with Crippen LogP contribution in [0, 0.1) is 35.5 Å². The molecule has 2 aliphatic rings. The van der Waals surface area contributed by atoms with Crippen molar-refractivity contribution >= 4 is 11.9 Å². The lowest BCUT2D eigenvalue weighted by molar-refractivity contribution is -0.167. The maximum Gasteiger partial charge on any atom is 0.306 e. The van der Waals surface area contributed by atoms with E-state index in [1.54, 1.807) is 6.92 Å². The molecule has 0 spiro atoms. The summed E-state index contributed by atoms with van der Waals surface area (Å²) in [5, 5.41) is 54.5. The van der Waals surface area contributed by atoms with Gasteiger partial charge in [-0.25, -0.2) is 0 Å². The van der Waals surface area contributed by atoms with Gasteiger partial charge in [-0.15, -0.1) is 0 Å². The van der Waals surface area contributed by atoms with Crippen molar-refractivity contribution in [3.05, 3.63) is 0 Å². The summed E-state index contributed by atoms with van der Waals surface area (Å²) in [6, 6.07) is -0.443. The molecular weight excluding hydrogens is 462 g/mol. The minimum atomic E-state index is -1.27. The topological polar surface area (TPSA) is 175 Å². The van der Waals surface area contributed by atoms with Crippen molar-refractivity contribution in [1.29, 1.82) is 0 Å². The minimum Gasteiger partial charge on any atom is -0.481 e. The van der Waals surface area contributed by atoms with Gasteiger partial charge in [-0.05, 0) is 26.7 Å². The number of hydrogen-bond acceptors (Lipinski definition) is 9. The number of aliphatic hydroxyl groups excluding tert-OH is 4. The zero-order chi connectivity index (χ0) is 26.1. The highest BCUT2D eigenvalue weighted by molar-refractivity contribution is 5.73. The first kappa shape index (κ1) is 29.9. The Morgan fingerprint density at radius 3 is 1.97 bits per heavy atom. The summed E-state index contributed by atoms with van der Waals surface area (Å²) in [5.41, 5.74) is 0. The Morgan fingerprint density at radius 2 is 1.40 bits per heavy atom. The van der Waals surface area contributed by atoms with Gasteiger partial charge in [0.2, 0.25) is 5.91 Å². The monoisotopic (exact) mass is 505 g/mol. The van der Waals surface area contributed by atoms with Crippen molar-refractivity contribution in [2.24, 2.45) is 35.5 Å². The van der Waals surface area contributed by atoms with Crippen molar-refractivity contribution < 1.29 is 49.3 Å². The zero-order valence-electron chi connectivity index (χ0n) is 20.9. The molecule has 0 radical (unpaired) electrons. The van der Waals surface area contributed by atoms with Crippen LogP contribution < -0.4 is 5.32 Å². The maximum absolute atomic E-state index is 11.9. The summed E-state index contributed by atoms with van der Waals surface area (Å²) in [6.45, 7) is 6.06. The van der Waals surface area contributed by atoms with Gasteiger partial charge in [-0.2, -0.15) is 0 Å². The number of aliphatic carboxylic acids is 1. The molecule has 0 bridgehead atoms. The van der Waals surface area contributed by atoms with Crippen LogP contribution in [0.25, 0.3) is 0 Å². The molecule has 2 fully saturated rings. The van der Waals surface area contributed by atoms with Crippen molar-refractivity contribution in [3.8, 4) is 0 Å². The van der Waals surface area contributed by atoms with Gasteiger partial charge in [-0.3, -0.25) is 9.59 Å². The summed E-state index contributed by atoms with van der Waals surface area (Å²) >= 11 is 0. The smallest absolute Gasteiger partial charge is 0.306 e. The van der Waals surface area contributed by atoms with Gasteiger partial charge in [0.15, 0.2) is 0 Å². The number of nitrogens with one attached hydrogen (secondary N) is 1. The Bertz CT molecular complexity index is 664. The molecule has 6 unspecified atom stereocenters. The van der Waals surface area contributed by atoms with Crippen LogP contribution >= 0.6 is 0 Å². The fourth-order valence-corrected chi connectivity index (χ4v) is 5.56. The molecule has 0 aromatic rings. The predicted molar refractivity (Wildman–Crippen MR) is 124 cm³/mol. The molecule has 1 amide bonds. The molecule has 0 aromatic carbocycles. The number of amides is 1. The van der Waals surface area contributed by atoms with E-state index in [1.165, 1.54) is 6.92 Å². The van der Waals surface area contributed by atoms with Crippen LogP contribution in [0.15, 0.2) is 0 Å². The standard InChI is InChI=1S/C24H43NO10/c1-4-33-9-15-6-14(8-26)21(28)19(20(15)25-13(3)27)12-35-10-16-7-17(24(31)32)18(11-34-5-2)23(30)22(16)29/h14-23,26,28-30H,4-12H2,1-3H3,(H,25,27)(H,31,32)/t14?,15-,16-,17?,18-,19?,20?,21-,22?,23?/m0/s1. The fraction of sp³-hybridized carbons (Fsp3) is 0.917. The molecule has 204 valence electrons. The second-order valence-electron chi connectivity index (χ2n) is 9.76. The second kappa shape index (κ2) is 14.4. The molecule has 0 heterocycles. The van der Waals surface area contributed by atoms with Gasteiger partial charge in [-0.1, -0.05) is 0 Å². The third-order valence-electron chi connectivity index (χ3n) is 7.46.